The Balaban J connectivity index is 1.14. The highest BCUT2D eigenvalue weighted by atomic mass is 16.5. The molecule has 0 radical (unpaired) electrons. The number of pyridine rings is 1. The van der Waals surface area contributed by atoms with Crippen LogP contribution in [0, 0.1) is 0 Å². The average Bonchev–Trinajstić information content (AvgIpc) is 3.59. The molecule has 12 rings (SSSR count). The Kier molecular flexibility index (Phi) is 7.07. The zero-order valence-electron chi connectivity index (χ0n) is 31.2. The van der Waals surface area contributed by atoms with Gasteiger partial charge in [0.2, 0.25) is 0 Å². The molecule has 0 bridgehead atoms. The molecule has 2 aliphatic rings. The monoisotopic (exact) mass is 740 g/mol. The Bertz CT molecular complexity index is 3150. The van der Waals surface area contributed by atoms with Gasteiger partial charge >= 0.3 is 0 Å². The first kappa shape index (κ1) is 32.5. The largest absolute Gasteiger partial charge is 0.457 e. The van der Waals surface area contributed by atoms with Gasteiger partial charge in [-0.25, -0.2) is 19.9 Å². The molecular formula is C53H32N4O. The van der Waals surface area contributed by atoms with Crippen LogP contribution in [-0.2, 0) is 5.41 Å². The van der Waals surface area contributed by atoms with E-state index in [2.05, 4.69) is 127 Å². The molecule has 1 aliphatic carbocycles. The fourth-order valence-corrected chi connectivity index (χ4v) is 9.25. The first-order valence-corrected chi connectivity index (χ1v) is 19.6. The molecule has 0 saturated heterocycles. The van der Waals surface area contributed by atoms with Crippen molar-refractivity contribution < 1.29 is 4.74 Å². The molecule has 58 heavy (non-hydrogen) atoms. The summed E-state index contributed by atoms with van der Waals surface area (Å²) < 4.78 is 6.93. The van der Waals surface area contributed by atoms with Gasteiger partial charge in [-0.05, 0) is 51.9 Å². The molecule has 5 nitrogen and oxygen atoms in total. The van der Waals surface area contributed by atoms with E-state index in [-0.39, 0.29) is 0 Å². The smallest absolute Gasteiger partial charge is 0.164 e. The summed E-state index contributed by atoms with van der Waals surface area (Å²) in [4.78, 5) is 20.5. The average molecular weight is 741 g/mol. The maximum absolute atomic E-state index is 6.93. The summed E-state index contributed by atoms with van der Waals surface area (Å²) in [5.74, 6) is 3.53. The van der Waals surface area contributed by atoms with E-state index in [1.165, 1.54) is 22.3 Å². The summed E-state index contributed by atoms with van der Waals surface area (Å²) in [6.07, 6.45) is 0. The summed E-state index contributed by atoms with van der Waals surface area (Å²) in [6.45, 7) is 0. The Morgan fingerprint density at radius 1 is 0.328 bits per heavy atom. The van der Waals surface area contributed by atoms with E-state index in [0.29, 0.717) is 17.5 Å². The number of fused-ring (bicyclic) bond motifs is 12. The highest BCUT2D eigenvalue weighted by Gasteiger charge is 2.51. The summed E-state index contributed by atoms with van der Waals surface area (Å²) in [7, 11) is 0. The molecule has 270 valence electrons. The molecular weight excluding hydrogens is 709 g/mol. The highest BCUT2D eigenvalue weighted by Crippen LogP contribution is 2.62. The van der Waals surface area contributed by atoms with Gasteiger partial charge in [-0.2, -0.15) is 0 Å². The molecule has 2 aromatic heterocycles. The maximum Gasteiger partial charge on any atom is 0.164 e. The molecule has 10 aromatic rings. The van der Waals surface area contributed by atoms with Gasteiger partial charge in [-0.1, -0.05) is 170 Å². The molecule has 1 aliphatic heterocycles. The molecule has 5 heteroatoms. The van der Waals surface area contributed by atoms with E-state index in [1.807, 2.05) is 66.7 Å². The summed E-state index contributed by atoms with van der Waals surface area (Å²) in [5.41, 5.74) is 12.2. The van der Waals surface area contributed by atoms with Crippen molar-refractivity contribution in [3.63, 3.8) is 0 Å². The molecule has 0 fully saturated rings. The van der Waals surface area contributed by atoms with Crippen LogP contribution in [0.2, 0.25) is 0 Å². The number of hydrogen-bond acceptors (Lipinski definition) is 5. The minimum Gasteiger partial charge on any atom is -0.457 e. The number of aromatic nitrogens is 4. The van der Waals surface area contributed by atoms with Gasteiger partial charge in [0.1, 0.15) is 11.5 Å². The van der Waals surface area contributed by atoms with Crippen molar-refractivity contribution in [1.82, 2.24) is 19.9 Å². The second kappa shape index (κ2) is 12.6. The topological polar surface area (TPSA) is 60.8 Å². The minimum absolute atomic E-state index is 0.583. The van der Waals surface area contributed by atoms with E-state index in [1.54, 1.807) is 0 Å². The third-order valence-electron chi connectivity index (χ3n) is 11.8. The standard InChI is InChI=1S/C53H32N4O/c1-4-16-33(17-5-1)49-41-32-48-45(53(44-26-14-15-27-47(44)58-48)42-24-12-10-22-37(42)38-23-11-13-25-43(38)53)31-40(41)39-29-28-36(30-46(39)54-49)52-56-50(34-18-6-2-7-19-34)55-51(57-52)35-20-8-3-9-21-35/h1-32H. The molecule has 0 unspecified atom stereocenters. The third-order valence-corrected chi connectivity index (χ3v) is 11.8. The molecule has 0 saturated carbocycles. The number of para-hydroxylation sites is 1. The van der Waals surface area contributed by atoms with Gasteiger partial charge in [0.25, 0.3) is 0 Å². The van der Waals surface area contributed by atoms with Crippen molar-refractivity contribution in [2.45, 2.75) is 5.41 Å². The maximum atomic E-state index is 6.93. The minimum atomic E-state index is -0.583. The van der Waals surface area contributed by atoms with Crippen LogP contribution in [0.3, 0.4) is 0 Å². The van der Waals surface area contributed by atoms with Crippen LogP contribution in [0.1, 0.15) is 22.3 Å². The number of hydrogen-bond donors (Lipinski definition) is 0. The van der Waals surface area contributed by atoms with Crippen LogP contribution < -0.4 is 4.74 Å². The van der Waals surface area contributed by atoms with Gasteiger partial charge in [0, 0.05) is 44.2 Å². The van der Waals surface area contributed by atoms with E-state index >= 15 is 0 Å². The van der Waals surface area contributed by atoms with E-state index in [4.69, 9.17) is 24.7 Å². The van der Waals surface area contributed by atoms with E-state index in [9.17, 15) is 0 Å². The predicted molar refractivity (Wildman–Crippen MR) is 232 cm³/mol. The Labute approximate surface area is 335 Å². The lowest BCUT2D eigenvalue weighted by Crippen LogP contribution is -2.32. The molecule has 0 atom stereocenters. The summed E-state index contributed by atoms with van der Waals surface area (Å²) >= 11 is 0. The molecule has 0 N–H and O–H groups in total. The normalized spacial score (nSPS) is 13.1. The first-order valence-electron chi connectivity index (χ1n) is 19.6. The van der Waals surface area contributed by atoms with Gasteiger partial charge in [-0.15, -0.1) is 0 Å². The number of ether oxygens (including phenoxy) is 1. The zero-order chi connectivity index (χ0) is 38.2. The Morgan fingerprint density at radius 2 is 0.845 bits per heavy atom. The number of benzene rings is 8. The van der Waals surface area contributed by atoms with Gasteiger partial charge in [-0.3, -0.25) is 0 Å². The second-order valence-electron chi connectivity index (χ2n) is 14.9. The lowest BCUT2D eigenvalue weighted by molar-refractivity contribution is 0.437. The number of rotatable bonds is 4. The van der Waals surface area contributed by atoms with Crippen LogP contribution in [0.15, 0.2) is 194 Å². The fourth-order valence-electron chi connectivity index (χ4n) is 9.25. The van der Waals surface area contributed by atoms with Crippen LogP contribution in [-0.4, -0.2) is 19.9 Å². The lowest BCUT2D eigenvalue weighted by atomic mass is 9.65. The van der Waals surface area contributed by atoms with Gasteiger partial charge in [0.05, 0.1) is 16.6 Å². The van der Waals surface area contributed by atoms with Gasteiger partial charge in [0.15, 0.2) is 17.5 Å². The van der Waals surface area contributed by atoms with Gasteiger partial charge < -0.3 is 4.74 Å². The fraction of sp³-hybridized carbons (Fsp3) is 0.0189. The molecule has 1 spiro atoms. The SMILES string of the molecule is c1ccc(-c2nc(-c3ccccc3)nc(-c3ccc4c(c3)nc(-c3ccccc3)c3cc5c(cc34)C3(c4ccccc4O5)c4ccccc4-c4ccccc43)n2)cc1. The Morgan fingerprint density at radius 3 is 1.47 bits per heavy atom. The van der Waals surface area contributed by atoms with Crippen molar-refractivity contribution >= 4 is 21.7 Å². The Hall–Kier alpha value is -7.76. The van der Waals surface area contributed by atoms with Crippen LogP contribution in [0.4, 0.5) is 0 Å². The lowest BCUT2D eigenvalue weighted by Gasteiger charge is -2.39. The van der Waals surface area contributed by atoms with Crippen LogP contribution >= 0.6 is 0 Å². The van der Waals surface area contributed by atoms with Crippen LogP contribution in [0.5, 0.6) is 11.5 Å². The van der Waals surface area contributed by atoms with Crippen molar-refractivity contribution in [3.8, 4) is 68.0 Å². The zero-order valence-corrected chi connectivity index (χ0v) is 31.2. The summed E-state index contributed by atoms with van der Waals surface area (Å²) in [5, 5.41) is 3.16. The van der Waals surface area contributed by atoms with Crippen molar-refractivity contribution in [2.24, 2.45) is 0 Å². The molecule has 3 heterocycles. The summed E-state index contributed by atoms with van der Waals surface area (Å²) in [6, 6.07) is 67.8. The quantitative estimate of drug-likeness (QED) is 0.168. The number of nitrogens with zero attached hydrogens (tertiary/aromatic N) is 4. The first-order chi connectivity index (χ1) is 28.7. The van der Waals surface area contributed by atoms with Crippen molar-refractivity contribution in [2.75, 3.05) is 0 Å². The molecule has 8 aromatic carbocycles. The van der Waals surface area contributed by atoms with Crippen LogP contribution in [0.25, 0.3) is 78.2 Å². The third kappa shape index (κ3) is 4.77. The van der Waals surface area contributed by atoms with Crippen molar-refractivity contribution in [1.29, 1.82) is 0 Å². The van der Waals surface area contributed by atoms with E-state index in [0.717, 1.165) is 72.2 Å². The predicted octanol–water partition coefficient (Wildman–Crippen LogP) is 12.7. The van der Waals surface area contributed by atoms with Crippen molar-refractivity contribution in [3.05, 3.63) is 216 Å². The van der Waals surface area contributed by atoms with E-state index < -0.39 is 5.41 Å². The molecule has 0 amide bonds. The highest BCUT2D eigenvalue weighted by molar-refractivity contribution is 6.13. The second-order valence-corrected chi connectivity index (χ2v) is 14.9.